The average molecular weight is 280 g/mol. The number of hydrogen-bond acceptors (Lipinski definition) is 10. The highest BCUT2D eigenvalue weighted by Gasteiger charge is 2.07. The number of nitrogens with one attached hydrogen (secondary N) is 2. The van der Waals surface area contributed by atoms with Crippen LogP contribution in [-0.4, -0.2) is 38.2 Å². The topological polar surface area (TPSA) is 137 Å². The van der Waals surface area contributed by atoms with E-state index >= 15 is 0 Å². The van der Waals surface area contributed by atoms with Gasteiger partial charge in [0.25, 0.3) is 0 Å². The Hall–Kier alpha value is -2.49. The molecule has 108 valence electrons. The van der Waals surface area contributed by atoms with Gasteiger partial charge in [0.15, 0.2) is 6.33 Å². The van der Waals surface area contributed by atoms with E-state index in [1.165, 1.54) is 6.33 Å². The van der Waals surface area contributed by atoms with Gasteiger partial charge in [-0.25, -0.2) is 5.84 Å². The second-order valence-corrected chi connectivity index (χ2v) is 3.77. The van der Waals surface area contributed by atoms with Crippen molar-refractivity contribution in [1.82, 2.24) is 25.1 Å². The number of hydrazine groups is 1. The first-order valence-corrected chi connectivity index (χ1v) is 6.16. The summed E-state index contributed by atoms with van der Waals surface area (Å²) in [6.07, 6.45) is 2.77. The minimum atomic E-state index is 0.218. The highest BCUT2D eigenvalue weighted by molar-refractivity contribution is 5.34. The Morgan fingerprint density at radius 2 is 2.15 bits per heavy atom. The zero-order chi connectivity index (χ0) is 14.2. The molecule has 20 heavy (non-hydrogen) atoms. The quantitative estimate of drug-likeness (QED) is 0.447. The van der Waals surface area contributed by atoms with Crippen LogP contribution in [0.4, 0.5) is 11.9 Å². The van der Waals surface area contributed by atoms with Crippen LogP contribution in [0.25, 0.3) is 0 Å². The van der Waals surface area contributed by atoms with Crippen LogP contribution in [0, 0.1) is 0 Å². The Labute approximate surface area is 115 Å². The lowest BCUT2D eigenvalue weighted by molar-refractivity contribution is 0.292. The molecule has 0 aliphatic carbocycles. The van der Waals surface area contributed by atoms with Crippen molar-refractivity contribution in [3.05, 3.63) is 12.2 Å². The van der Waals surface area contributed by atoms with Gasteiger partial charge >= 0.3 is 6.01 Å². The number of hydrogen-bond donors (Lipinski definition) is 3. The van der Waals surface area contributed by atoms with Crippen LogP contribution in [0.2, 0.25) is 0 Å². The summed E-state index contributed by atoms with van der Waals surface area (Å²) >= 11 is 0. The molecular weight excluding hydrogens is 264 g/mol. The SMILES string of the molecule is CCCOc1nc(NN)nc(NCCc2ncno2)n1. The third-order valence-electron chi connectivity index (χ3n) is 2.21. The fraction of sp³-hybridized carbons (Fsp3) is 0.500. The third kappa shape index (κ3) is 4.02. The van der Waals surface area contributed by atoms with E-state index in [-0.39, 0.29) is 12.0 Å². The van der Waals surface area contributed by atoms with E-state index in [4.69, 9.17) is 15.1 Å². The zero-order valence-electron chi connectivity index (χ0n) is 11.0. The molecule has 0 aliphatic rings. The molecular formula is C10H16N8O2. The molecule has 2 aromatic heterocycles. The molecule has 4 N–H and O–H groups in total. The maximum absolute atomic E-state index is 5.35. The molecule has 0 fully saturated rings. The largest absolute Gasteiger partial charge is 0.463 e. The molecule has 0 atom stereocenters. The smallest absolute Gasteiger partial charge is 0.323 e. The van der Waals surface area contributed by atoms with Gasteiger partial charge in [0.2, 0.25) is 17.8 Å². The van der Waals surface area contributed by atoms with Crippen LogP contribution in [0.5, 0.6) is 6.01 Å². The van der Waals surface area contributed by atoms with Crippen molar-refractivity contribution in [2.24, 2.45) is 5.84 Å². The predicted octanol–water partition coefficient (Wildman–Crippen LogP) is -0.0164. The molecule has 0 unspecified atom stereocenters. The standard InChI is InChI=1S/C10H16N8O2/c1-2-5-19-10-16-8(15-9(17-10)18-11)12-4-3-7-13-6-14-20-7/h6H,2-5,11H2,1H3,(H2,12,15,16,17,18). The maximum Gasteiger partial charge on any atom is 0.323 e. The van der Waals surface area contributed by atoms with E-state index in [2.05, 4.69) is 35.8 Å². The Balaban J connectivity index is 1.94. The van der Waals surface area contributed by atoms with Crippen molar-refractivity contribution in [2.75, 3.05) is 23.9 Å². The van der Waals surface area contributed by atoms with Crippen molar-refractivity contribution < 1.29 is 9.26 Å². The van der Waals surface area contributed by atoms with Crippen molar-refractivity contribution >= 4 is 11.9 Å². The number of nitrogens with two attached hydrogens (primary N) is 1. The minimum Gasteiger partial charge on any atom is -0.463 e. The van der Waals surface area contributed by atoms with Crippen molar-refractivity contribution in [1.29, 1.82) is 0 Å². The lowest BCUT2D eigenvalue weighted by atomic mass is 10.4. The van der Waals surface area contributed by atoms with Crippen LogP contribution < -0.4 is 21.3 Å². The van der Waals surface area contributed by atoms with E-state index in [9.17, 15) is 0 Å². The number of nitrogens with zero attached hydrogens (tertiary/aromatic N) is 5. The first-order valence-electron chi connectivity index (χ1n) is 6.16. The maximum atomic E-state index is 5.35. The highest BCUT2D eigenvalue weighted by atomic mass is 16.5. The summed E-state index contributed by atoms with van der Waals surface area (Å²) in [5, 5.41) is 6.53. The van der Waals surface area contributed by atoms with Crippen LogP contribution in [0.15, 0.2) is 10.9 Å². The summed E-state index contributed by atoms with van der Waals surface area (Å²) in [7, 11) is 0. The number of ether oxygens (including phenoxy) is 1. The molecule has 0 aromatic carbocycles. The lowest BCUT2D eigenvalue weighted by Crippen LogP contribution is -2.15. The Morgan fingerprint density at radius 3 is 2.85 bits per heavy atom. The molecule has 2 heterocycles. The molecule has 10 heteroatoms. The second kappa shape index (κ2) is 7.19. The van der Waals surface area contributed by atoms with Gasteiger partial charge in [-0.05, 0) is 6.42 Å². The summed E-state index contributed by atoms with van der Waals surface area (Å²) < 4.78 is 10.2. The monoisotopic (exact) mass is 280 g/mol. The molecule has 0 saturated heterocycles. The van der Waals surface area contributed by atoms with Gasteiger partial charge < -0.3 is 14.6 Å². The second-order valence-electron chi connectivity index (χ2n) is 3.77. The molecule has 10 nitrogen and oxygen atoms in total. The highest BCUT2D eigenvalue weighted by Crippen LogP contribution is 2.10. The molecule has 0 amide bonds. The van der Waals surface area contributed by atoms with Crippen molar-refractivity contribution in [3.8, 4) is 6.01 Å². The molecule has 0 radical (unpaired) electrons. The molecule has 0 aliphatic heterocycles. The average Bonchev–Trinajstić information content (AvgIpc) is 2.98. The first kappa shape index (κ1) is 13.9. The fourth-order valence-electron chi connectivity index (χ4n) is 1.35. The van der Waals surface area contributed by atoms with E-state index < -0.39 is 0 Å². The summed E-state index contributed by atoms with van der Waals surface area (Å²) in [5.74, 6) is 6.42. The number of aromatic nitrogens is 5. The summed E-state index contributed by atoms with van der Waals surface area (Å²) in [6, 6.07) is 0.218. The van der Waals surface area contributed by atoms with Crippen LogP contribution in [-0.2, 0) is 6.42 Å². The number of rotatable bonds is 8. The Bertz CT molecular complexity index is 518. The van der Waals surface area contributed by atoms with Crippen LogP contribution >= 0.6 is 0 Å². The van der Waals surface area contributed by atoms with Crippen LogP contribution in [0.1, 0.15) is 19.2 Å². The molecule has 2 rings (SSSR count). The van der Waals surface area contributed by atoms with E-state index in [0.29, 0.717) is 31.4 Å². The van der Waals surface area contributed by atoms with Gasteiger partial charge in [-0.2, -0.15) is 19.9 Å². The van der Waals surface area contributed by atoms with Gasteiger partial charge in [0, 0.05) is 13.0 Å². The van der Waals surface area contributed by atoms with Gasteiger partial charge in [-0.3, -0.25) is 5.43 Å². The van der Waals surface area contributed by atoms with Crippen molar-refractivity contribution in [3.63, 3.8) is 0 Å². The normalized spacial score (nSPS) is 10.3. The lowest BCUT2D eigenvalue weighted by Gasteiger charge is -2.08. The van der Waals surface area contributed by atoms with Crippen LogP contribution in [0.3, 0.4) is 0 Å². The molecule has 2 aromatic rings. The molecule has 0 spiro atoms. The first-order chi connectivity index (χ1) is 9.81. The number of anilines is 2. The zero-order valence-corrected chi connectivity index (χ0v) is 11.0. The van der Waals surface area contributed by atoms with Gasteiger partial charge in [-0.1, -0.05) is 12.1 Å². The van der Waals surface area contributed by atoms with Gasteiger partial charge in [0.05, 0.1) is 6.61 Å². The summed E-state index contributed by atoms with van der Waals surface area (Å²) in [6.45, 7) is 3.05. The molecule has 0 saturated carbocycles. The van der Waals surface area contributed by atoms with E-state index in [0.717, 1.165) is 6.42 Å². The van der Waals surface area contributed by atoms with E-state index in [1.54, 1.807) is 0 Å². The minimum absolute atomic E-state index is 0.218. The third-order valence-corrected chi connectivity index (χ3v) is 2.21. The summed E-state index contributed by atoms with van der Waals surface area (Å²) in [4.78, 5) is 16.1. The Kier molecular flexibility index (Phi) is 5.00. The fourth-order valence-corrected chi connectivity index (χ4v) is 1.35. The van der Waals surface area contributed by atoms with Crippen molar-refractivity contribution in [2.45, 2.75) is 19.8 Å². The molecule has 0 bridgehead atoms. The Morgan fingerprint density at radius 1 is 1.30 bits per heavy atom. The van der Waals surface area contributed by atoms with Gasteiger partial charge in [-0.15, -0.1) is 0 Å². The predicted molar refractivity (Wildman–Crippen MR) is 69.9 cm³/mol. The number of nitrogen functional groups attached to an aromatic ring is 1. The summed E-state index contributed by atoms with van der Waals surface area (Å²) in [5.41, 5.74) is 2.37. The van der Waals surface area contributed by atoms with Gasteiger partial charge in [0.1, 0.15) is 0 Å². The van der Waals surface area contributed by atoms with E-state index in [1.807, 2.05) is 6.92 Å².